The Hall–Kier alpha value is -3.09. The number of halogens is 1. The third-order valence-electron chi connectivity index (χ3n) is 5.41. The fourth-order valence-electron chi connectivity index (χ4n) is 3.94. The molecule has 0 bridgehead atoms. The van der Waals surface area contributed by atoms with Crippen LogP contribution in [0.15, 0.2) is 83.7 Å². The van der Waals surface area contributed by atoms with Gasteiger partial charge < -0.3 is 0 Å². The minimum Gasteiger partial charge on any atom is -0.298 e. The van der Waals surface area contributed by atoms with E-state index in [2.05, 4.69) is 0 Å². The van der Waals surface area contributed by atoms with Gasteiger partial charge in [-0.25, -0.2) is 9.37 Å². The minimum atomic E-state index is -3.03. The molecule has 0 amide bonds. The van der Waals surface area contributed by atoms with Crippen molar-refractivity contribution in [3.8, 4) is 11.3 Å². The van der Waals surface area contributed by atoms with Crippen LogP contribution in [0.25, 0.3) is 33.1 Å². The predicted octanol–water partition coefficient (Wildman–Crippen LogP) is 6.15. The molecule has 150 valence electrons. The second kappa shape index (κ2) is 7.00. The Kier molecular flexibility index (Phi) is 4.41. The summed E-state index contributed by atoms with van der Waals surface area (Å²) in [6.07, 6.45) is 7.89. The molecule has 2 aromatic carbocycles. The van der Waals surface area contributed by atoms with E-state index in [0.29, 0.717) is 23.6 Å². The smallest absolute Gasteiger partial charge is 0.244 e. The van der Waals surface area contributed by atoms with E-state index in [9.17, 15) is 13.2 Å². The number of allylic oxidation sites excluding steroid dienone is 4. The number of hydrogen-bond acceptors (Lipinski definition) is 2. The quantitative estimate of drug-likeness (QED) is 0.406. The van der Waals surface area contributed by atoms with Gasteiger partial charge in [0, 0.05) is 29.1 Å². The highest BCUT2D eigenvalue weighted by Crippen LogP contribution is 2.35. The SMILES string of the molecule is C[S+](=O)(O)c1ccc(-c2nc(C3=CCCC(F)=C3)n3ccc4ccccc4c23)cc1. The molecule has 1 atom stereocenters. The summed E-state index contributed by atoms with van der Waals surface area (Å²) in [5, 5.41) is 2.13. The molecule has 0 aliphatic heterocycles. The molecule has 4 nitrogen and oxygen atoms in total. The molecular formula is C24H20FN2O2S+. The summed E-state index contributed by atoms with van der Waals surface area (Å²) in [4.78, 5) is 5.28. The van der Waals surface area contributed by atoms with E-state index in [4.69, 9.17) is 4.98 Å². The highest BCUT2D eigenvalue weighted by atomic mass is 32.3. The van der Waals surface area contributed by atoms with Crippen LogP contribution in [0, 0.1) is 0 Å². The fourth-order valence-corrected chi connectivity index (χ4v) is 4.58. The average molecular weight is 420 g/mol. The van der Waals surface area contributed by atoms with Crippen molar-refractivity contribution in [2.45, 2.75) is 17.7 Å². The van der Waals surface area contributed by atoms with Gasteiger partial charge in [-0.3, -0.25) is 4.40 Å². The monoisotopic (exact) mass is 419 g/mol. The number of fused-ring (bicyclic) bond motifs is 3. The normalized spacial score (nSPS) is 16.4. The summed E-state index contributed by atoms with van der Waals surface area (Å²) in [5.74, 6) is 0.544. The van der Waals surface area contributed by atoms with E-state index in [0.717, 1.165) is 33.1 Å². The number of aromatic nitrogens is 2. The molecule has 0 spiro atoms. The number of pyridine rings is 1. The zero-order chi connectivity index (χ0) is 20.9. The Bertz CT molecular complexity index is 1390. The lowest BCUT2D eigenvalue weighted by Gasteiger charge is -2.08. The second-order valence-corrected chi connectivity index (χ2v) is 9.60. The van der Waals surface area contributed by atoms with Gasteiger partial charge in [0.15, 0.2) is 4.90 Å². The molecule has 1 unspecified atom stereocenters. The molecule has 30 heavy (non-hydrogen) atoms. The molecule has 5 rings (SSSR count). The van der Waals surface area contributed by atoms with Crippen LogP contribution in [0.2, 0.25) is 0 Å². The van der Waals surface area contributed by atoms with Gasteiger partial charge in [0.05, 0.1) is 11.2 Å². The zero-order valence-corrected chi connectivity index (χ0v) is 17.2. The Morgan fingerprint density at radius 3 is 2.60 bits per heavy atom. The lowest BCUT2D eigenvalue weighted by Crippen LogP contribution is -2.05. The Morgan fingerprint density at radius 2 is 1.87 bits per heavy atom. The van der Waals surface area contributed by atoms with E-state index < -0.39 is 10.2 Å². The van der Waals surface area contributed by atoms with Crippen LogP contribution in [-0.4, -0.2) is 20.2 Å². The van der Waals surface area contributed by atoms with Crippen LogP contribution >= 0.6 is 0 Å². The number of hydrogen-bond donors (Lipinski definition) is 1. The molecule has 4 aromatic rings. The fraction of sp³-hybridized carbons (Fsp3) is 0.125. The van der Waals surface area contributed by atoms with E-state index in [1.54, 1.807) is 18.2 Å². The van der Waals surface area contributed by atoms with Crippen LogP contribution in [-0.2, 0) is 14.4 Å². The van der Waals surface area contributed by atoms with Crippen molar-refractivity contribution in [3.05, 3.63) is 84.6 Å². The maximum absolute atomic E-state index is 14.0. The Balaban J connectivity index is 1.80. The summed E-state index contributed by atoms with van der Waals surface area (Å²) >= 11 is 0. The summed E-state index contributed by atoms with van der Waals surface area (Å²) in [6, 6.07) is 17.0. The maximum atomic E-state index is 14.0. The average Bonchev–Trinajstić information content (AvgIpc) is 3.13. The first-order chi connectivity index (χ1) is 14.4. The molecule has 0 fully saturated rings. The van der Waals surface area contributed by atoms with Crippen molar-refractivity contribution in [1.29, 1.82) is 0 Å². The van der Waals surface area contributed by atoms with Gasteiger partial charge in [-0.05, 0) is 48.2 Å². The van der Waals surface area contributed by atoms with Crippen LogP contribution in [0.1, 0.15) is 18.7 Å². The van der Waals surface area contributed by atoms with Crippen molar-refractivity contribution in [3.63, 3.8) is 0 Å². The van der Waals surface area contributed by atoms with Crippen molar-refractivity contribution in [2.75, 3.05) is 6.26 Å². The van der Waals surface area contributed by atoms with Crippen molar-refractivity contribution >= 4 is 32.1 Å². The van der Waals surface area contributed by atoms with Crippen LogP contribution in [0.5, 0.6) is 0 Å². The molecule has 2 heterocycles. The summed E-state index contributed by atoms with van der Waals surface area (Å²) in [6.45, 7) is 0. The Morgan fingerprint density at radius 1 is 1.10 bits per heavy atom. The van der Waals surface area contributed by atoms with E-state index >= 15 is 0 Å². The molecule has 1 N–H and O–H groups in total. The van der Waals surface area contributed by atoms with E-state index in [1.807, 2.05) is 59.1 Å². The molecule has 0 saturated carbocycles. The van der Waals surface area contributed by atoms with E-state index in [1.165, 1.54) is 6.26 Å². The molecular weight excluding hydrogens is 399 g/mol. The second-order valence-electron chi connectivity index (χ2n) is 7.52. The number of rotatable bonds is 3. The first-order valence-electron chi connectivity index (χ1n) is 9.70. The molecule has 0 saturated heterocycles. The number of benzene rings is 2. The lowest BCUT2D eigenvalue weighted by atomic mass is 10.1. The molecule has 0 radical (unpaired) electrons. The summed E-state index contributed by atoms with van der Waals surface area (Å²) < 4.78 is 37.8. The predicted molar refractivity (Wildman–Crippen MR) is 119 cm³/mol. The lowest BCUT2D eigenvalue weighted by molar-refractivity contribution is 0.503. The number of nitrogens with zero attached hydrogens (tertiary/aromatic N) is 2. The highest BCUT2D eigenvalue weighted by Gasteiger charge is 2.23. The van der Waals surface area contributed by atoms with Crippen LogP contribution in [0.3, 0.4) is 0 Å². The van der Waals surface area contributed by atoms with Gasteiger partial charge in [-0.2, -0.15) is 4.55 Å². The van der Waals surface area contributed by atoms with Crippen LogP contribution in [0.4, 0.5) is 4.39 Å². The molecule has 2 aromatic heterocycles. The van der Waals surface area contributed by atoms with Gasteiger partial charge in [-0.15, -0.1) is 0 Å². The third-order valence-corrected chi connectivity index (χ3v) is 6.56. The summed E-state index contributed by atoms with van der Waals surface area (Å²) in [7, 11) is -3.03. The first kappa shape index (κ1) is 18.9. The number of imidazole rings is 1. The third kappa shape index (κ3) is 3.18. The molecule has 1 aliphatic carbocycles. The van der Waals surface area contributed by atoms with Crippen molar-refractivity contribution < 1.29 is 13.2 Å². The van der Waals surface area contributed by atoms with Crippen molar-refractivity contribution in [2.24, 2.45) is 0 Å². The van der Waals surface area contributed by atoms with Crippen LogP contribution < -0.4 is 0 Å². The summed E-state index contributed by atoms with van der Waals surface area (Å²) in [5.41, 5.74) is 3.29. The van der Waals surface area contributed by atoms with Gasteiger partial charge >= 0.3 is 0 Å². The van der Waals surface area contributed by atoms with E-state index in [-0.39, 0.29) is 5.83 Å². The van der Waals surface area contributed by atoms with Gasteiger partial charge in [0.2, 0.25) is 10.2 Å². The maximum Gasteiger partial charge on any atom is 0.244 e. The Labute approximate surface area is 174 Å². The van der Waals surface area contributed by atoms with Crippen molar-refractivity contribution in [1.82, 2.24) is 9.38 Å². The molecule has 1 aliphatic rings. The highest BCUT2D eigenvalue weighted by molar-refractivity contribution is 7.97. The first-order valence-corrected chi connectivity index (χ1v) is 11.6. The largest absolute Gasteiger partial charge is 0.298 e. The van der Waals surface area contributed by atoms with Gasteiger partial charge in [-0.1, -0.05) is 34.6 Å². The zero-order valence-electron chi connectivity index (χ0n) is 16.4. The molecule has 6 heteroatoms. The van der Waals surface area contributed by atoms with Gasteiger partial charge in [0.1, 0.15) is 17.9 Å². The topological polar surface area (TPSA) is 54.6 Å². The standard InChI is InChI=1S/C24H19FN2O2S/c1-30(28,29)20-11-9-17(10-12-20)22-23-21-8-3-2-5-16(21)13-14-27(23)24(26-22)18-6-4-7-19(25)15-18/h2-3,5-6,8-15H,4,7H2,1H3/p+1. The minimum absolute atomic E-state index is 0.142. The van der Waals surface area contributed by atoms with Gasteiger partial charge in [0.25, 0.3) is 0 Å².